The number of hydrogen-bond acceptors (Lipinski definition) is 5. The van der Waals surface area contributed by atoms with Crippen LogP contribution in [0.25, 0.3) is 0 Å². The van der Waals surface area contributed by atoms with Gasteiger partial charge in [0.15, 0.2) is 5.60 Å². The number of nitro benzene ring substituents is 1. The van der Waals surface area contributed by atoms with E-state index in [2.05, 4.69) is 5.32 Å². The van der Waals surface area contributed by atoms with Crippen LogP contribution in [0.5, 0.6) is 5.75 Å². The maximum Gasteiger partial charge on any atom is 0.423 e. The van der Waals surface area contributed by atoms with Gasteiger partial charge in [0.2, 0.25) is 0 Å². The van der Waals surface area contributed by atoms with Gasteiger partial charge in [-0.3, -0.25) is 14.9 Å². The fourth-order valence-electron chi connectivity index (χ4n) is 2.19. The number of halogens is 6. The van der Waals surface area contributed by atoms with Gasteiger partial charge in [0.25, 0.3) is 11.6 Å². The Morgan fingerprint density at radius 2 is 1.87 bits per heavy atom. The lowest BCUT2D eigenvalue weighted by Crippen LogP contribution is -2.45. The number of anilines is 1. The summed E-state index contributed by atoms with van der Waals surface area (Å²) in [5.74, 6) is -1.16. The Morgan fingerprint density at radius 3 is 2.43 bits per heavy atom. The fourth-order valence-corrected chi connectivity index (χ4v) is 2.83. The standard InChI is InChI=1S/C17H12Cl3F3N2O5/c1-16(27,7-30-13-5-8(18)4-11(19)14(13)20)15(26)24-9-2-3-12(25(28)29)10(6-9)17(21,22)23/h2-6,27H,7H2,1H3,(H,24,26)/t16-/m0/s1. The molecule has 0 aliphatic rings. The molecule has 0 saturated carbocycles. The molecule has 0 saturated heterocycles. The summed E-state index contributed by atoms with van der Waals surface area (Å²) in [5, 5.41) is 23.4. The van der Waals surface area contributed by atoms with Gasteiger partial charge in [-0.1, -0.05) is 34.8 Å². The second-order valence-corrected chi connectivity index (χ2v) is 7.42. The zero-order chi connectivity index (χ0) is 22.9. The van der Waals surface area contributed by atoms with Crippen molar-refractivity contribution < 1.29 is 32.7 Å². The molecule has 0 aliphatic carbocycles. The molecular weight excluding hydrogens is 476 g/mol. The van der Waals surface area contributed by atoms with Crippen LogP contribution in [0.3, 0.4) is 0 Å². The zero-order valence-corrected chi connectivity index (χ0v) is 17.2. The average molecular weight is 488 g/mol. The largest absolute Gasteiger partial charge is 0.488 e. The predicted octanol–water partition coefficient (Wildman–Crippen LogP) is 5.34. The highest BCUT2D eigenvalue weighted by Crippen LogP contribution is 2.38. The van der Waals surface area contributed by atoms with Crippen molar-refractivity contribution in [1.29, 1.82) is 0 Å². The molecule has 13 heteroatoms. The molecule has 2 rings (SSSR count). The first-order valence-corrected chi connectivity index (χ1v) is 9.02. The molecule has 0 radical (unpaired) electrons. The van der Waals surface area contributed by atoms with E-state index < -0.39 is 46.2 Å². The molecule has 162 valence electrons. The first kappa shape index (κ1) is 24.0. The Labute approximate surface area is 182 Å². The number of rotatable bonds is 6. The summed E-state index contributed by atoms with van der Waals surface area (Å²) < 4.78 is 44.4. The van der Waals surface area contributed by atoms with Crippen LogP contribution >= 0.6 is 34.8 Å². The Hall–Kier alpha value is -2.27. The molecule has 1 amide bonds. The van der Waals surface area contributed by atoms with Gasteiger partial charge in [-0.15, -0.1) is 0 Å². The molecule has 0 spiro atoms. The molecule has 0 fully saturated rings. The molecule has 7 nitrogen and oxygen atoms in total. The highest BCUT2D eigenvalue weighted by molar-refractivity contribution is 6.44. The van der Waals surface area contributed by atoms with Crippen molar-refractivity contribution in [3.8, 4) is 5.75 Å². The Kier molecular flexibility index (Phi) is 7.08. The summed E-state index contributed by atoms with van der Waals surface area (Å²) in [6, 6.07) is 4.51. The summed E-state index contributed by atoms with van der Waals surface area (Å²) in [4.78, 5) is 21.9. The summed E-state index contributed by atoms with van der Waals surface area (Å²) in [6.07, 6.45) is -5.03. The van der Waals surface area contributed by atoms with E-state index in [1.165, 1.54) is 12.1 Å². The minimum Gasteiger partial charge on any atom is -0.488 e. The number of nitro groups is 1. The van der Waals surface area contributed by atoms with Crippen LogP contribution in [0.1, 0.15) is 12.5 Å². The molecule has 0 aromatic heterocycles. The number of benzene rings is 2. The number of ether oxygens (including phenoxy) is 1. The van der Waals surface area contributed by atoms with Crippen LogP contribution in [0, 0.1) is 10.1 Å². The highest BCUT2D eigenvalue weighted by atomic mass is 35.5. The number of nitrogens with one attached hydrogen (secondary N) is 1. The molecule has 0 aliphatic heterocycles. The van der Waals surface area contributed by atoms with E-state index in [1.807, 2.05) is 0 Å². The van der Waals surface area contributed by atoms with Crippen molar-refractivity contribution in [3.05, 3.63) is 61.1 Å². The normalized spacial score (nSPS) is 13.5. The first-order valence-electron chi connectivity index (χ1n) is 7.89. The molecule has 1 atom stereocenters. The Morgan fingerprint density at radius 1 is 1.23 bits per heavy atom. The van der Waals surface area contributed by atoms with Crippen molar-refractivity contribution in [1.82, 2.24) is 0 Å². The van der Waals surface area contributed by atoms with Crippen LogP contribution < -0.4 is 10.1 Å². The van der Waals surface area contributed by atoms with Crippen molar-refractivity contribution in [2.45, 2.75) is 18.7 Å². The smallest absolute Gasteiger partial charge is 0.423 e. The van der Waals surface area contributed by atoms with Crippen LogP contribution in [0.2, 0.25) is 15.1 Å². The average Bonchev–Trinajstić information content (AvgIpc) is 2.62. The first-order chi connectivity index (χ1) is 13.7. The van der Waals surface area contributed by atoms with Gasteiger partial charge < -0.3 is 15.2 Å². The number of aliphatic hydroxyl groups is 1. The molecule has 30 heavy (non-hydrogen) atoms. The number of nitrogens with zero attached hydrogens (tertiary/aromatic N) is 1. The van der Waals surface area contributed by atoms with Gasteiger partial charge in [-0.25, -0.2) is 0 Å². The fraction of sp³-hybridized carbons (Fsp3) is 0.235. The maximum atomic E-state index is 13.1. The lowest BCUT2D eigenvalue weighted by atomic mass is 10.1. The van der Waals surface area contributed by atoms with E-state index in [0.717, 1.165) is 13.0 Å². The molecule has 2 aromatic rings. The summed E-state index contributed by atoms with van der Waals surface area (Å²) in [7, 11) is 0. The highest BCUT2D eigenvalue weighted by Gasteiger charge is 2.39. The lowest BCUT2D eigenvalue weighted by Gasteiger charge is -2.23. The zero-order valence-electron chi connectivity index (χ0n) is 14.9. The van der Waals surface area contributed by atoms with Gasteiger partial charge in [-0.05, 0) is 25.1 Å². The van der Waals surface area contributed by atoms with Crippen LogP contribution in [-0.2, 0) is 11.0 Å². The summed E-state index contributed by atoms with van der Waals surface area (Å²) in [6.45, 7) is 0.382. The molecule has 0 bridgehead atoms. The summed E-state index contributed by atoms with van der Waals surface area (Å²) >= 11 is 17.6. The van der Waals surface area contributed by atoms with Gasteiger partial charge in [0, 0.05) is 22.8 Å². The van der Waals surface area contributed by atoms with E-state index >= 15 is 0 Å². The predicted molar refractivity (Wildman–Crippen MR) is 104 cm³/mol. The third-order valence-electron chi connectivity index (χ3n) is 3.71. The van der Waals surface area contributed by atoms with E-state index in [1.54, 1.807) is 0 Å². The van der Waals surface area contributed by atoms with Gasteiger partial charge in [0.05, 0.1) is 9.95 Å². The van der Waals surface area contributed by atoms with Crippen molar-refractivity contribution in [2.75, 3.05) is 11.9 Å². The van der Waals surface area contributed by atoms with Crippen molar-refractivity contribution in [3.63, 3.8) is 0 Å². The van der Waals surface area contributed by atoms with Crippen LogP contribution in [0.15, 0.2) is 30.3 Å². The second-order valence-electron chi connectivity index (χ2n) is 6.20. The number of hydrogen-bond donors (Lipinski definition) is 2. The number of alkyl halides is 3. The van der Waals surface area contributed by atoms with Crippen LogP contribution in [0.4, 0.5) is 24.5 Å². The quantitative estimate of drug-likeness (QED) is 0.325. The number of carbonyl (C=O) groups excluding carboxylic acids is 1. The van der Waals surface area contributed by atoms with E-state index in [9.17, 15) is 33.2 Å². The van der Waals surface area contributed by atoms with E-state index in [0.29, 0.717) is 12.1 Å². The third kappa shape index (κ3) is 5.66. The van der Waals surface area contributed by atoms with E-state index in [-0.39, 0.29) is 20.8 Å². The lowest BCUT2D eigenvalue weighted by molar-refractivity contribution is -0.388. The van der Waals surface area contributed by atoms with Crippen molar-refractivity contribution in [2.24, 2.45) is 0 Å². The minimum atomic E-state index is -5.03. The van der Waals surface area contributed by atoms with Gasteiger partial charge in [0.1, 0.15) is 22.9 Å². The molecular formula is C17H12Cl3F3N2O5. The molecule has 2 N–H and O–H groups in total. The van der Waals surface area contributed by atoms with E-state index in [4.69, 9.17) is 39.5 Å². The molecule has 0 unspecified atom stereocenters. The Balaban J connectivity index is 2.19. The maximum absolute atomic E-state index is 13.1. The van der Waals surface area contributed by atoms with Crippen LogP contribution in [-0.4, -0.2) is 28.1 Å². The molecule has 0 heterocycles. The Bertz CT molecular complexity index is 999. The molecule has 2 aromatic carbocycles. The number of amides is 1. The monoisotopic (exact) mass is 486 g/mol. The van der Waals surface area contributed by atoms with Gasteiger partial charge in [-0.2, -0.15) is 13.2 Å². The number of carbonyl (C=O) groups is 1. The minimum absolute atomic E-state index is 0.0255. The van der Waals surface area contributed by atoms with Crippen molar-refractivity contribution >= 4 is 52.1 Å². The van der Waals surface area contributed by atoms with Gasteiger partial charge >= 0.3 is 6.18 Å². The third-order valence-corrected chi connectivity index (χ3v) is 4.72. The summed E-state index contributed by atoms with van der Waals surface area (Å²) in [5.41, 5.74) is -5.37. The topological polar surface area (TPSA) is 102 Å². The second kappa shape index (κ2) is 8.84. The SMILES string of the molecule is C[C@](O)(COc1cc(Cl)cc(Cl)c1Cl)C(=O)Nc1ccc([N+](=O)[O-])c(C(F)(F)F)c1.